The molecular formula is C36H42ClFN6O3. The van der Waals surface area contributed by atoms with E-state index in [1.165, 1.54) is 17.2 Å². The Bertz CT molecular complexity index is 1710. The Hall–Kier alpha value is -4.25. The fraction of sp³-hybridized carbons (Fsp3) is 0.361. The number of nitrogens with zero attached hydrogens (tertiary/aromatic N) is 5. The van der Waals surface area contributed by atoms with Crippen molar-refractivity contribution in [1.29, 1.82) is 0 Å². The summed E-state index contributed by atoms with van der Waals surface area (Å²) in [6.45, 7) is 13.4. The highest BCUT2D eigenvalue weighted by Gasteiger charge is 2.33. The number of hydrogen-bond acceptors (Lipinski definition) is 7. The fourth-order valence-corrected chi connectivity index (χ4v) is 6.38. The van der Waals surface area contributed by atoms with Crippen molar-refractivity contribution in [1.82, 2.24) is 19.8 Å². The second kappa shape index (κ2) is 15.1. The van der Waals surface area contributed by atoms with Crippen LogP contribution in [0.15, 0.2) is 60.8 Å². The summed E-state index contributed by atoms with van der Waals surface area (Å²) in [7, 11) is 2.13. The molecule has 1 saturated heterocycles. The molecule has 47 heavy (non-hydrogen) atoms. The van der Waals surface area contributed by atoms with Crippen molar-refractivity contribution >= 4 is 35.1 Å². The topological polar surface area (TPSA) is 94.1 Å². The quantitative estimate of drug-likeness (QED) is 0.159. The third-order valence-electron chi connectivity index (χ3n) is 8.56. The molecule has 0 aliphatic carbocycles. The maximum atomic E-state index is 15.0. The summed E-state index contributed by atoms with van der Waals surface area (Å²) in [5.41, 5.74) is 5.84. The van der Waals surface area contributed by atoms with Crippen LogP contribution in [0.2, 0.25) is 5.02 Å². The van der Waals surface area contributed by atoms with Crippen LogP contribution in [0.25, 0.3) is 0 Å². The molecule has 1 atom stereocenters. The highest BCUT2D eigenvalue weighted by atomic mass is 35.5. The van der Waals surface area contributed by atoms with Crippen molar-refractivity contribution in [3.8, 4) is 5.75 Å². The van der Waals surface area contributed by atoms with Gasteiger partial charge in [-0.3, -0.25) is 0 Å². The van der Waals surface area contributed by atoms with Crippen molar-refractivity contribution in [2.45, 2.75) is 40.2 Å². The molecule has 0 spiro atoms. The lowest BCUT2D eigenvalue weighted by Crippen LogP contribution is -2.44. The first-order chi connectivity index (χ1) is 22.5. The van der Waals surface area contributed by atoms with Gasteiger partial charge in [0, 0.05) is 55.7 Å². The summed E-state index contributed by atoms with van der Waals surface area (Å²) in [4.78, 5) is 27.9. The first-order valence-electron chi connectivity index (χ1n) is 15.8. The van der Waals surface area contributed by atoms with Gasteiger partial charge in [0.2, 0.25) is 5.95 Å². The minimum absolute atomic E-state index is 0.118. The van der Waals surface area contributed by atoms with Crippen LogP contribution in [-0.2, 0) is 0 Å². The van der Waals surface area contributed by atoms with Crippen LogP contribution < -0.4 is 15.0 Å². The molecule has 9 nitrogen and oxygen atoms in total. The third kappa shape index (κ3) is 8.38. The lowest BCUT2D eigenvalue weighted by atomic mass is 9.87. The van der Waals surface area contributed by atoms with E-state index in [1.54, 1.807) is 30.3 Å². The van der Waals surface area contributed by atoms with Crippen LogP contribution in [0.4, 0.5) is 26.6 Å². The molecule has 4 aromatic rings. The lowest BCUT2D eigenvalue weighted by Gasteiger charge is -2.33. The second-order valence-corrected chi connectivity index (χ2v) is 12.7. The number of rotatable bonds is 11. The number of aromatic nitrogens is 2. The normalized spacial score (nSPS) is 14.5. The summed E-state index contributed by atoms with van der Waals surface area (Å²) in [5.74, 6) is -0.0728. The number of carboxylic acid groups (broad SMARTS) is 1. The number of hydrogen-bond donors (Lipinski definition) is 2. The number of halogens is 2. The molecule has 0 saturated carbocycles. The van der Waals surface area contributed by atoms with Crippen LogP contribution in [0.1, 0.15) is 45.8 Å². The van der Waals surface area contributed by atoms with Gasteiger partial charge in [-0.05, 0) is 99.3 Å². The third-order valence-corrected chi connectivity index (χ3v) is 8.79. The number of piperazine rings is 1. The van der Waals surface area contributed by atoms with Gasteiger partial charge >= 0.3 is 6.09 Å². The zero-order chi connectivity index (χ0) is 33.7. The van der Waals surface area contributed by atoms with Gasteiger partial charge in [-0.25, -0.2) is 19.1 Å². The van der Waals surface area contributed by atoms with Gasteiger partial charge < -0.3 is 25.0 Å². The van der Waals surface area contributed by atoms with Crippen LogP contribution in [0.5, 0.6) is 5.75 Å². The van der Waals surface area contributed by atoms with Gasteiger partial charge in [0.15, 0.2) is 11.6 Å². The molecule has 0 bridgehead atoms. The first kappa shape index (κ1) is 34.1. The molecule has 2 heterocycles. The smallest absolute Gasteiger partial charge is 0.413 e. The molecule has 1 unspecified atom stereocenters. The number of likely N-dealkylation sites (N-methyl/N-ethyl adjacent to an activating group) is 1. The lowest BCUT2D eigenvalue weighted by molar-refractivity contribution is 0.145. The molecule has 1 amide bonds. The Kier molecular flexibility index (Phi) is 11.0. The van der Waals surface area contributed by atoms with Gasteiger partial charge in [-0.15, -0.1) is 0 Å². The Balaban J connectivity index is 1.37. The second-order valence-electron chi connectivity index (χ2n) is 12.2. The number of amides is 1. The average molecular weight is 661 g/mol. The van der Waals surface area contributed by atoms with Crippen molar-refractivity contribution in [2.24, 2.45) is 0 Å². The maximum absolute atomic E-state index is 15.0. The van der Waals surface area contributed by atoms with E-state index in [9.17, 15) is 9.90 Å². The van der Waals surface area contributed by atoms with Crippen molar-refractivity contribution < 1.29 is 19.0 Å². The number of ether oxygens (including phenoxy) is 1. The van der Waals surface area contributed by atoms with E-state index < -0.39 is 18.0 Å². The predicted molar refractivity (Wildman–Crippen MR) is 185 cm³/mol. The maximum Gasteiger partial charge on any atom is 0.413 e. The minimum Gasteiger partial charge on any atom is -0.490 e. The zero-order valence-electron chi connectivity index (χ0n) is 27.6. The van der Waals surface area contributed by atoms with Gasteiger partial charge in [0.25, 0.3) is 0 Å². The fourth-order valence-electron chi connectivity index (χ4n) is 6.20. The summed E-state index contributed by atoms with van der Waals surface area (Å²) >= 11 is 6.45. The van der Waals surface area contributed by atoms with E-state index >= 15 is 4.39 Å². The minimum atomic E-state index is -1.20. The van der Waals surface area contributed by atoms with Crippen molar-refractivity contribution in [3.05, 3.63) is 105 Å². The summed E-state index contributed by atoms with van der Waals surface area (Å²) in [5, 5.41) is 14.2. The van der Waals surface area contributed by atoms with E-state index in [1.807, 2.05) is 45.9 Å². The van der Waals surface area contributed by atoms with Gasteiger partial charge in [0.05, 0.1) is 12.6 Å². The molecular weight excluding hydrogens is 619 g/mol. The number of carbonyl (C=O) groups is 1. The molecule has 11 heteroatoms. The van der Waals surface area contributed by atoms with Crippen LogP contribution in [-0.4, -0.2) is 77.3 Å². The molecule has 2 N–H and O–H groups in total. The SMILES string of the molecule is Cc1cc(C)c(C(c2cc(Cl)ccc2C)N(C(=O)O)c2ccnc(Nc3ccc(OCCCN4CCN(C)CC4)c(F)c3)n2)c(C)c1. The summed E-state index contributed by atoms with van der Waals surface area (Å²) < 4.78 is 20.8. The number of nitrogens with one attached hydrogen (secondary N) is 1. The van der Waals surface area contributed by atoms with Gasteiger partial charge in [-0.2, -0.15) is 4.98 Å². The van der Waals surface area contributed by atoms with Crippen LogP contribution >= 0.6 is 11.6 Å². The first-order valence-corrected chi connectivity index (χ1v) is 16.2. The van der Waals surface area contributed by atoms with Crippen molar-refractivity contribution in [3.63, 3.8) is 0 Å². The molecule has 1 fully saturated rings. The van der Waals surface area contributed by atoms with Gasteiger partial charge in [-0.1, -0.05) is 35.4 Å². The van der Waals surface area contributed by atoms with E-state index in [-0.39, 0.29) is 17.5 Å². The predicted octanol–water partition coefficient (Wildman–Crippen LogP) is 7.54. The summed E-state index contributed by atoms with van der Waals surface area (Å²) in [6.07, 6.45) is 1.09. The Morgan fingerprint density at radius 3 is 2.43 bits per heavy atom. The monoisotopic (exact) mass is 660 g/mol. The van der Waals surface area contributed by atoms with E-state index in [0.29, 0.717) is 17.3 Å². The molecule has 248 valence electrons. The van der Waals surface area contributed by atoms with E-state index in [4.69, 9.17) is 16.3 Å². The largest absolute Gasteiger partial charge is 0.490 e. The molecule has 1 aliphatic heterocycles. The Morgan fingerprint density at radius 2 is 1.74 bits per heavy atom. The standard InChI is InChI=1S/C36H42ClFN6O3/c1-23-19-25(3)33(26(4)20-23)34(29-21-27(37)8-7-24(29)2)44(36(45)46)32-11-12-39-35(41-32)40-28-9-10-31(30(38)22-28)47-18-6-13-43-16-14-42(5)15-17-43/h7-12,19-22,34H,6,13-18H2,1-5H3,(H,45,46)(H,39,40,41). The average Bonchev–Trinajstić information content (AvgIpc) is 3.01. The van der Waals surface area contributed by atoms with Crippen molar-refractivity contribution in [2.75, 3.05) is 56.6 Å². The van der Waals surface area contributed by atoms with Crippen LogP contribution in [0, 0.1) is 33.5 Å². The molecule has 1 aromatic heterocycles. The number of aryl methyl sites for hydroxylation is 4. The summed E-state index contributed by atoms with van der Waals surface area (Å²) in [6, 6.07) is 14.9. The molecule has 1 aliphatic rings. The highest BCUT2D eigenvalue weighted by molar-refractivity contribution is 6.30. The molecule has 3 aromatic carbocycles. The number of anilines is 3. The molecule has 5 rings (SSSR count). The zero-order valence-corrected chi connectivity index (χ0v) is 28.3. The molecule has 0 radical (unpaired) electrons. The van der Waals surface area contributed by atoms with E-state index in [2.05, 4.69) is 32.1 Å². The number of benzene rings is 3. The Morgan fingerprint density at radius 1 is 1.02 bits per heavy atom. The highest BCUT2D eigenvalue weighted by Crippen LogP contribution is 2.39. The van der Waals surface area contributed by atoms with Crippen LogP contribution in [0.3, 0.4) is 0 Å². The van der Waals surface area contributed by atoms with Gasteiger partial charge in [0.1, 0.15) is 5.82 Å². The van der Waals surface area contributed by atoms with E-state index in [0.717, 1.165) is 72.5 Å². The Labute approximate surface area is 281 Å².